The van der Waals surface area contributed by atoms with Gasteiger partial charge in [0.05, 0.1) is 12.5 Å². The van der Waals surface area contributed by atoms with Crippen LogP contribution in [0.3, 0.4) is 0 Å². The quantitative estimate of drug-likeness (QED) is 0.584. The second-order valence-electron chi connectivity index (χ2n) is 6.08. The summed E-state index contributed by atoms with van der Waals surface area (Å²) in [5, 5.41) is 0.0957. The molecule has 0 unspecified atom stereocenters. The van der Waals surface area contributed by atoms with E-state index >= 15 is 0 Å². The Kier molecular flexibility index (Phi) is 4.70. The number of esters is 1. The molecule has 0 spiro atoms. The molecule has 0 N–H and O–H groups in total. The Labute approximate surface area is 113 Å². The predicted octanol–water partition coefficient (Wildman–Crippen LogP) is 2.13. The molecule has 0 aromatic rings. The van der Waals surface area contributed by atoms with E-state index in [1.807, 2.05) is 0 Å². The van der Waals surface area contributed by atoms with Gasteiger partial charge in [-0.2, -0.15) is 0 Å². The first-order valence-electron chi connectivity index (χ1n) is 6.20. The molecule has 0 aliphatic carbocycles. The van der Waals surface area contributed by atoms with Crippen molar-refractivity contribution in [1.29, 1.82) is 0 Å². The highest BCUT2D eigenvalue weighted by molar-refractivity contribution is 8.00. The maximum absolute atomic E-state index is 11.9. The van der Waals surface area contributed by atoms with Crippen LogP contribution in [0.15, 0.2) is 0 Å². The number of ether oxygens (including phenoxy) is 1. The van der Waals surface area contributed by atoms with Gasteiger partial charge in [-0.05, 0) is 11.3 Å². The molecule has 0 saturated carbocycles. The van der Waals surface area contributed by atoms with Crippen molar-refractivity contribution >= 4 is 24.1 Å². The zero-order valence-electron chi connectivity index (χ0n) is 12.0. The summed E-state index contributed by atoms with van der Waals surface area (Å²) >= 11 is 1.70. The van der Waals surface area contributed by atoms with Crippen molar-refractivity contribution in [2.45, 2.75) is 51.3 Å². The van der Waals surface area contributed by atoms with E-state index in [1.165, 1.54) is 7.11 Å². The SMILES string of the molecule is COC(=O)[C@@H]1[C@@H](C(C)C)S[C@H](C(C)(C)C)N1C=O. The molecule has 1 heterocycles. The smallest absolute Gasteiger partial charge is 0.329 e. The maximum Gasteiger partial charge on any atom is 0.329 e. The van der Waals surface area contributed by atoms with E-state index in [0.29, 0.717) is 5.92 Å². The van der Waals surface area contributed by atoms with Crippen LogP contribution < -0.4 is 0 Å². The first-order chi connectivity index (χ1) is 8.23. The van der Waals surface area contributed by atoms with E-state index in [1.54, 1.807) is 16.7 Å². The number of methoxy groups -OCH3 is 1. The van der Waals surface area contributed by atoms with Crippen molar-refractivity contribution in [3.63, 3.8) is 0 Å². The van der Waals surface area contributed by atoms with E-state index < -0.39 is 6.04 Å². The van der Waals surface area contributed by atoms with E-state index in [0.717, 1.165) is 6.41 Å². The Bertz CT molecular complexity index is 325. The van der Waals surface area contributed by atoms with Crippen LogP contribution >= 0.6 is 11.8 Å². The molecule has 1 aliphatic rings. The summed E-state index contributed by atoms with van der Waals surface area (Å²) < 4.78 is 4.85. The van der Waals surface area contributed by atoms with Gasteiger partial charge in [-0.3, -0.25) is 4.79 Å². The molecule has 1 aliphatic heterocycles. The average Bonchev–Trinajstić information content (AvgIpc) is 2.66. The number of hydrogen-bond acceptors (Lipinski definition) is 4. The molecule has 5 heteroatoms. The molecular formula is C13H23NO3S. The summed E-state index contributed by atoms with van der Waals surface area (Å²) in [7, 11) is 1.37. The van der Waals surface area contributed by atoms with Crippen molar-refractivity contribution < 1.29 is 14.3 Å². The number of hydrogen-bond donors (Lipinski definition) is 0. The van der Waals surface area contributed by atoms with Crippen molar-refractivity contribution in [3.05, 3.63) is 0 Å². The van der Waals surface area contributed by atoms with Gasteiger partial charge in [0, 0.05) is 5.25 Å². The van der Waals surface area contributed by atoms with Crippen LogP contribution in [-0.2, 0) is 14.3 Å². The Balaban J connectivity index is 3.10. The fraction of sp³-hybridized carbons (Fsp3) is 0.846. The minimum absolute atomic E-state index is 0.00602. The highest BCUT2D eigenvalue weighted by Crippen LogP contribution is 2.46. The second kappa shape index (κ2) is 5.51. The van der Waals surface area contributed by atoms with Crippen LogP contribution in [0.1, 0.15) is 34.6 Å². The fourth-order valence-electron chi connectivity index (χ4n) is 2.28. The molecule has 1 saturated heterocycles. The van der Waals surface area contributed by atoms with Crippen LogP contribution in [-0.4, -0.2) is 41.1 Å². The highest BCUT2D eigenvalue weighted by atomic mass is 32.2. The third-order valence-corrected chi connectivity index (χ3v) is 5.48. The van der Waals surface area contributed by atoms with E-state index in [9.17, 15) is 9.59 Å². The van der Waals surface area contributed by atoms with Crippen LogP contribution in [0, 0.1) is 11.3 Å². The van der Waals surface area contributed by atoms with E-state index in [-0.39, 0.29) is 22.0 Å². The normalized spacial score (nSPS) is 28.6. The molecule has 0 aromatic carbocycles. The van der Waals surface area contributed by atoms with Gasteiger partial charge < -0.3 is 9.64 Å². The zero-order chi connectivity index (χ0) is 14.1. The van der Waals surface area contributed by atoms with Gasteiger partial charge in [0.2, 0.25) is 6.41 Å². The molecule has 3 atom stereocenters. The standard InChI is InChI=1S/C13H23NO3S/c1-8(2)10-9(11(16)17-6)14(7-15)12(18-10)13(3,4)5/h7-10,12H,1-6H3/t9-,10+,12+/m0/s1. The second-order valence-corrected chi connectivity index (χ2v) is 7.35. The molecule has 4 nitrogen and oxygen atoms in total. The van der Waals surface area contributed by atoms with Crippen molar-refractivity contribution in [2.24, 2.45) is 11.3 Å². The number of amides is 1. The summed E-state index contributed by atoms with van der Waals surface area (Å²) in [5.74, 6) is -0.00560. The van der Waals surface area contributed by atoms with Gasteiger partial charge in [0.1, 0.15) is 6.04 Å². The number of thioether (sulfide) groups is 1. The van der Waals surface area contributed by atoms with Gasteiger partial charge in [0.15, 0.2) is 0 Å². The summed E-state index contributed by atoms with van der Waals surface area (Å²) in [4.78, 5) is 24.9. The van der Waals surface area contributed by atoms with Gasteiger partial charge in [0.25, 0.3) is 0 Å². The number of rotatable bonds is 3. The largest absolute Gasteiger partial charge is 0.467 e. The summed E-state index contributed by atoms with van der Waals surface area (Å²) in [5.41, 5.74) is -0.0680. The molecule has 0 radical (unpaired) electrons. The number of carbonyl (C=O) groups excluding carboxylic acids is 2. The van der Waals surface area contributed by atoms with Crippen molar-refractivity contribution in [1.82, 2.24) is 4.90 Å². The fourth-order valence-corrected chi connectivity index (χ4v) is 4.02. The Hall–Kier alpha value is -0.710. The minimum Gasteiger partial charge on any atom is -0.467 e. The Morgan fingerprint density at radius 1 is 1.39 bits per heavy atom. The van der Waals surface area contributed by atoms with Gasteiger partial charge in [-0.15, -0.1) is 11.8 Å². The lowest BCUT2D eigenvalue weighted by atomic mass is 9.94. The number of nitrogens with zero attached hydrogens (tertiary/aromatic N) is 1. The lowest BCUT2D eigenvalue weighted by Gasteiger charge is -2.33. The lowest BCUT2D eigenvalue weighted by molar-refractivity contribution is -0.150. The molecule has 1 rings (SSSR count). The lowest BCUT2D eigenvalue weighted by Crippen LogP contribution is -2.48. The summed E-state index contributed by atoms with van der Waals surface area (Å²) in [6.45, 7) is 10.4. The van der Waals surface area contributed by atoms with Gasteiger partial charge in [-0.25, -0.2) is 4.79 Å². The monoisotopic (exact) mass is 273 g/mol. The summed E-state index contributed by atoms with van der Waals surface area (Å²) in [6.07, 6.45) is 0.785. The summed E-state index contributed by atoms with van der Waals surface area (Å²) in [6, 6.07) is -0.471. The molecule has 1 amide bonds. The average molecular weight is 273 g/mol. The van der Waals surface area contributed by atoms with Gasteiger partial charge in [-0.1, -0.05) is 34.6 Å². The molecule has 0 bridgehead atoms. The Morgan fingerprint density at radius 2 is 1.94 bits per heavy atom. The topological polar surface area (TPSA) is 46.6 Å². The van der Waals surface area contributed by atoms with Crippen molar-refractivity contribution in [2.75, 3.05) is 7.11 Å². The van der Waals surface area contributed by atoms with Crippen LogP contribution in [0.25, 0.3) is 0 Å². The van der Waals surface area contributed by atoms with Crippen molar-refractivity contribution in [3.8, 4) is 0 Å². The first-order valence-corrected chi connectivity index (χ1v) is 7.14. The third-order valence-electron chi connectivity index (χ3n) is 3.15. The molecule has 1 fully saturated rings. The van der Waals surface area contributed by atoms with E-state index in [2.05, 4.69) is 34.6 Å². The van der Waals surface area contributed by atoms with Crippen LogP contribution in [0.2, 0.25) is 0 Å². The van der Waals surface area contributed by atoms with Crippen LogP contribution in [0.5, 0.6) is 0 Å². The maximum atomic E-state index is 11.9. The van der Waals surface area contributed by atoms with E-state index in [4.69, 9.17) is 4.74 Å². The number of carbonyl (C=O) groups is 2. The first kappa shape index (κ1) is 15.3. The van der Waals surface area contributed by atoms with Gasteiger partial charge >= 0.3 is 5.97 Å². The highest BCUT2D eigenvalue weighted by Gasteiger charge is 2.50. The van der Waals surface area contributed by atoms with Crippen LogP contribution in [0.4, 0.5) is 0 Å². The molecular weight excluding hydrogens is 250 g/mol. The Morgan fingerprint density at radius 3 is 2.28 bits per heavy atom. The predicted molar refractivity (Wildman–Crippen MR) is 73.2 cm³/mol. The molecule has 18 heavy (non-hydrogen) atoms. The zero-order valence-corrected chi connectivity index (χ0v) is 12.8. The molecule has 0 aromatic heterocycles. The third kappa shape index (κ3) is 2.82. The minimum atomic E-state index is -0.471. The molecule has 104 valence electrons.